The fourth-order valence-electron chi connectivity index (χ4n) is 2.69. The van der Waals surface area contributed by atoms with Gasteiger partial charge in [-0.25, -0.2) is 8.78 Å². The van der Waals surface area contributed by atoms with Gasteiger partial charge >= 0.3 is 0 Å². The highest BCUT2D eigenvalue weighted by molar-refractivity contribution is 5.48. The molecule has 0 bridgehead atoms. The van der Waals surface area contributed by atoms with Crippen LogP contribution in [0.5, 0.6) is 0 Å². The summed E-state index contributed by atoms with van der Waals surface area (Å²) >= 11 is 0. The van der Waals surface area contributed by atoms with Crippen LogP contribution in [0.15, 0.2) is 24.3 Å². The lowest BCUT2D eigenvalue weighted by Gasteiger charge is -2.35. The lowest BCUT2D eigenvalue weighted by atomic mass is 9.77. The number of hydrogen-bond acceptors (Lipinski definition) is 0. The first-order valence-corrected chi connectivity index (χ1v) is 5.21. The summed E-state index contributed by atoms with van der Waals surface area (Å²) in [6, 6.07) is 7.30. The van der Waals surface area contributed by atoms with Crippen LogP contribution in [0, 0.1) is 0 Å². The molecular weight excluding hydrogens is 194 g/mol. The Balaban J connectivity index is 2.78. The van der Waals surface area contributed by atoms with Gasteiger partial charge in [0.1, 0.15) is 0 Å². The number of rotatable bonds is 0. The summed E-state index contributed by atoms with van der Waals surface area (Å²) in [5, 5.41) is 0. The fraction of sp³-hybridized carbons (Fsp3) is 0.538. The first-order valence-electron chi connectivity index (χ1n) is 5.21. The van der Waals surface area contributed by atoms with E-state index in [1.807, 2.05) is 24.3 Å². The molecular formula is C13H16F2. The number of alkyl halides is 2. The molecule has 1 aromatic rings. The first kappa shape index (κ1) is 10.6. The van der Waals surface area contributed by atoms with Crippen molar-refractivity contribution < 1.29 is 8.78 Å². The molecule has 2 heteroatoms. The van der Waals surface area contributed by atoms with E-state index in [2.05, 4.69) is 0 Å². The Labute approximate surface area is 89.3 Å². The van der Waals surface area contributed by atoms with E-state index in [4.69, 9.17) is 0 Å². The number of benzene rings is 1. The molecule has 0 saturated carbocycles. The average molecular weight is 210 g/mol. The largest absolute Gasteiger partial charge is 0.266 e. The molecule has 0 aromatic heterocycles. The molecule has 0 N–H and O–H groups in total. The van der Waals surface area contributed by atoms with E-state index in [0.717, 1.165) is 11.1 Å². The first-order chi connectivity index (χ1) is 6.73. The molecule has 0 atom stereocenters. The van der Waals surface area contributed by atoms with Crippen molar-refractivity contribution in [1.29, 1.82) is 0 Å². The Morgan fingerprint density at radius 3 is 1.47 bits per heavy atom. The molecule has 1 aliphatic carbocycles. The topological polar surface area (TPSA) is 0 Å². The third kappa shape index (κ3) is 1.000. The Bertz CT molecular complexity index is 366. The standard InChI is InChI=1S/C13H16F2/c1-11(2)9-7-5-6-8-10(9)12(3,4)13(11,14)15/h5-8H,1-4H3. The van der Waals surface area contributed by atoms with Gasteiger partial charge in [-0.15, -0.1) is 0 Å². The SMILES string of the molecule is CC1(C)c2ccccc2C(C)(C)C1(F)F. The Morgan fingerprint density at radius 2 is 1.13 bits per heavy atom. The van der Waals surface area contributed by atoms with Crippen LogP contribution in [0.2, 0.25) is 0 Å². The summed E-state index contributed by atoms with van der Waals surface area (Å²) in [5.41, 5.74) is -0.597. The molecule has 82 valence electrons. The molecule has 1 aromatic carbocycles. The molecule has 0 unspecified atom stereocenters. The van der Waals surface area contributed by atoms with Crippen molar-refractivity contribution in [2.24, 2.45) is 0 Å². The van der Waals surface area contributed by atoms with E-state index < -0.39 is 16.8 Å². The molecule has 15 heavy (non-hydrogen) atoms. The maximum Gasteiger partial charge on any atom is 0.266 e. The van der Waals surface area contributed by atoms with Crippen molar-refractivity contribution in [2.45, 2.75) is 44.4 Å². The lowest BCUT2D eigenvalue weighted by molar-refractivity contribution is -0.105. The van der Waals surface area contributed by atoms with Gasteiger partial charge in [0, 0.05) is 0 Å². The van der Waals surface area contributed by atoms with E-state index >= 15 is 0 Å². The minimum atomic E-state index is -2.70. The van der Waals surface area contributed by atoms with Gasteiger partial charge in [-0.05, 0) is 38.8 Å². The van der Waals surface area contributed by atoms with Crippen LogP contribution >= 0.6 is 0 Å². The predicted molar refractivity (Wildman–Crippen MR) is 57.4 cm³/mol. The number of halogens is 2. The molecule has 0 amide bonds. The molecule has 0 spiro atoms. The van der Waals surface area contributed by atoms with Crippen LogP contribution in [-0.2, 0) is 10.8 Å². The van der Waals surface area contributed by atoms with Gasteiger partial charge in [0.2, 0.25) is 0 Å². The van der Waals surface area contributed by atoms with E-state index in [1.165, 1.54) is 0 Å². The van der Waals surface area contributed by atoms with Crippen molar-refractivity contribution in [3.63, 3.8) is 0 Å². The summed E-state index contributed by atoms with van der Waals surface area (Å²) in [6.07, 6.45) is 0. The van der Waals surface area contributed by atoms with Gasteiger partial charge in [-0.2, -0.15) is 0 Å². The monoisotopic (exact) mass is 210 g/mol. The highest BCUT2D eigenvalue weighted by Gasteiger charge is 2.64. The highest BCUT2D eigenvalue weighted by Crippen LogP contribution is 2.59. The third-order valence-electron chi connectivity index (χ3n) is 3.84. The van der Waals surface area contributed by atoms with Gasteiger partial charge < -0.3 is 0 Å². The Kier molecular flexibility index (Phi) is 1.84. The minimum Gasteiger partial charge on any atom is -0.205 e. The maximum atomic E-state index is 14.3. The van der Waals surface area contributed by atoms with Crippen molar-refractivity contribution >= 4 is 0 Å². The van der Waals surface area contributed by atoms with Crippen LogP contribution < -0.4 is 0 Å². The zero-order valence-corrected chi connectivity index (χ0v) is 9.57. The molecule has 0 heterocycles. The van der Waals surface area contributed by atoms with Crippen LogP contribution in [-0.4, -0.2) is 5.92 Å². The highest BCUT2D eigenvalue weighted by atomic mass is 19.3. The fourth-order valence-corrected chi connectivity index (χ4v) is 2.69. The predicted octanol–water partition coefficient (Wildman–Crippen LogP) is 3.89. The molecule has 0 fully saturated rings. The Hall–Kier alpha value is -0.920. The smallest absolute Gasteiger partial charge is 0.205 e. The second kappa shape index (κ2) is 2.60. The van der Waals surface area contributed by atoms with E-state index in [0.29, 0.717) is 0 Å². The van der Waals surface area contributed by atoms with Crippen LogP contribution in [0.1, 0.15) is 38.8 Å². The second-order valence-electron chi connectivity index (χ2n) is 5.37. The molecule has 0 radical (unpaired) electrons. The lowest BCUT2D eigenvalue weighted by Crippen LogP contribution is -2.46. The molecule has 0 aliphatic heterocycles. The van der Waals surface area contributed by atoms with Gasteiger partial charge in [-0.1, -0.05) is 24.3 Å². The number of hydrogen-bond donors (Lipinski definition) is 0. The van der Waals surface area contributed by atoms with E-state index in [-0.39, 0.29) is 0 Å². The summed E-state index contributed by atoms with van der Waals surface area (Å²) < 4.78 is 28.6. The summed E-state index contributed by atoms with van der Waals surface area (Å²) in [6.45, 7) is 6.50. The quantitative estimate of drug-likeness (QED) is 0.609. The van der Waals surface area contributed by atoms with Crippen molar-refractivity contribution in [1.82, 2.24) is 0 Å². The van der Waals surface area contributed by atoms with Gasteiger partial charge in [-0.3, -0.25) is 0 Å². The van der Waals surface area contributed by atoms with Gasteiger partial charge in [0.05, 0.1) is 10.8 Å². The molecule has 2 rings (SSSR count). The minimum absolute atomic E-state index is 0.778. The van der Waals surface area contributed by atoms with E-state index in [1.54, 1.807) is 27.7 Å². The van der Waals surface area contributed by atoms with Crippen molar-refractivity contribution in [3.8, 4) is 0 Å². The number of fused-ring (bicyclic) bond motifs is 1. The zero-order valence-electron chi connectivity index (χ0n) is 9.57. The summed E-state index contributed by atoms with van der Waals surface area (Å²) in [4.78, 5) is 0. The van der Waals surface area contributed by atoms with Crippen molar-refractivity contribution in [2.75, 3.05) is 0 Å². The van der Waals surface area contributed by atoms with Gasteiger partial charge in [0.25, 0.3) is 5.92 Å². The van der Waals surface area contributed by atoms with E-state index in [9.17, 15) is 8.78 Å². The summed E-state index contributed by atoms with van der Waals surface area (Å²) in [7, 11) is 0. The van der Waals surface area contributed by atoms with Crippen LogP contribution in [0.4, 0.5) is 8.78 Å². The molecule has 0 nitrogen and oxygen atoms in total. The summed E-state index contributed by atoms with van der Waals surface area (Å²) in [5.74, 6) is -2.70. The zero-order chi connectivity index (χ0) is 11.5. The second-order valence-corrected chi connectivity index (χ2v) is 5.37. The van der Waals surface area contributed by atoms with Crippen LogP contribution in [0.3, 0.4) is 0 Å². The molecule has 1 aliphatic rings. The van der Waals surface area contributed by atoms with Gasteiger partial charge in [0.15, 0.2) is 0 Å². The maximum absolute atomic E-state index is 14.3. The normalized spacial score (nSPS) is 24.9. The Morgan fingerprint density at radius 1 is 0.800 bits per heavy atom. The van der Waals surface area contributed by atoms with Crippen LogP contribution in [0.25, 0.3) is 0 Å². The third-order valence-corrected chi connectivity index (χ3v) is 3.84. The average Bonchev–Trinajstić information content (AvgIpc) is 2.26. The molecule has 0 saturated heterocycles. The van der Waals surface area contributed by atoms with Crippen molar-refractivity contribution in [3.05, 3.63) is 35.4 Å².